The molecule has 11 heteroatoms. The maximum atomic E-state index is 13.9. The van der Waals surface area contributed by atoms with Crippen molar-refractivity contribution in [3.05, 3.63) is 54.5 Å². The zero-order valence-electron chi connectivity index (χ0n) is 15.0. The van der Waals surface area contributed by atoms with Crippen molar-refractivity contribution in [1.29, 1.82) is 0 Å². The number of carbonyl (C=O) groups excluding carboxylic acids is 1. The Balaban J connectivity index is 2.31. The van der Waals surface area contributed by atoms with Crippen molar-refractivity contribution in [3.63, 3.8) is 0 Å². The van der Waals surface area contributed by atoms with Crippen LogP contribution in [0.2, 0.25) is 0 Å². The number of amides is 1. The van der Waals surface area contributed by atoms with Gasteiger partial charge < -0.3 is 5.73 Å². The minimum Gasteiger partial charge on any atom is -0.368 e. The van der Waals surface area contributed by atoms with Crippen LogP contribution in [-0.4, -0.2) is 35.3 Å². The summed E-state index contributed by atoms with van der Waals surface area (Å²) in [7, 11) is -3.48. The lowest BCUT2D eigenvalue weighted by Crippen LogP contribution is -2.24. The summed E-state index contributed by atoms with van der Waals surface area (Å²) in [6.45, 7) is -0.769. The number of nitrogens with zero attached hydrogens (tertiary/aromatic N) is 3. The normalized spacial score (nSPS) is 12.1. The van der Waals surface area contributed by atoms with E-state index in [0.29, 0.717) is 4.68 Å². The lowest BCUT2D eigenvalue weighted by atomic mass is 9.99. The van der Waals surface area contributed by atoms with E-state index in [1.54, 1.807) is 0 Å². The lowest BCUT2D eigenvalue weighted by Gasteiger charge is -2.12. The number of carbonyl (C=O) groups is 1. The van der Waals surface area contributed by atoms with Gasteiger partial charge in [-0.15, -0.1) is 0 Å². The number of nitrogens with two attached hydrogens (primary N) is 1. The number of rotatable bonds is 5. The molecule has 1 aromatic carbocycles. The Hall–Kier alpha value is -3.21. The van der Waals surface area contributed by atoms with Crippen molar-refractivity contribution >= 4 is 15.7 Å². The number of hydrogen-bond acceptors (Lipinski definition) is 5. The van der Waals surface area contributed by atoms with Gasteiger partial charge in [0.15, 0.2) is 15.5 Å². The molecule has 0 atom stereocenters. The minimum atomic E-state index is -4.83. The molecule has 7 nitrogen and oxygen atoms in total. The van der Waals surface area contributed by atoms with Gasteiger partial charge in [-0.05, 0) is 29.8 Å². The summed E-state index contributed by atoms with van der Waals surface area (Å²) in [5.41, 5.74) is 4.07. The lowest BCUT2D eigenvalue weighted by molar-refractivity contribution is -0.144. The minimum absolute atomic E-state index is 0.0133. The van der Waals surface area contributed by atoms with Gasteiger partial charge in [0.05, 0.1) is 4.90 Å². The van der Waals surface area contributed by atoms with Crippen LogP contribution in [0.1, 0.15) is 5.69 Å². The van der Waals surface area contributed by atoms with Crippen LogP contribution in [0.15, 0.2) is 53.7 Å². The first kappa shape index (κ1) is 20.5. The quantitative estimate of drug-likeness (QED) is 0.677. The Morgan fingerprint density at radius 1 is 1.07 bits per heavy atom. The number of hydrogen-bond donors (Lipinski definition) is 1. The van der Waals surface area contributed by atoms with Crippen LogP contribution in [0, 0.1) is 0 Å². The number of aromatic nitrogens is 3. The second-order valence-electron chi connectivity index (χ2n) is 6.23. The van der Waals surface area contributed by atoms with Crippen LogP contribution in [0.4, 0.5) is 13.2 Å². The van der Waals surface area contributed by atoms with Crippen LogP contribution >= 0.6 is 0 Å². The molecule has 2 N–H and O–H groups in total. The van der Waals surface area contributed by atoms with Crippen molar-refractivity contribution < 1.29 is 26.4 Å². The molecule has 0 aliphatic carbocycles. The molecular weight excluding hydrogens is 409 g/mol. The fraction of sp³-hybridized carbons (Fsp3) is 0.167. The molecule has 1 amide bonds. The average Bonchev–Trinajstić information content (AvgIpc) is 3.00. The molecule has 152 valence electrons. The summed E-state index contributed by atoms with van der Waals surface area (Å²) in [5.74, 6) is -0.988. The largest absolute Gasteiger partial charge is 0.433 e. The highest BCUT2D eigenvalue weighted by Gasteiger charge is 2.41. The zero-order chi connectivity index (χ0) is 21.4. The van der Waals surface area contributed by atoms with Crippen LogP contribution in [-0.2, 0) is 27.4 Å². The third-order valence-electron chi connectivity index (χ3n) is 4.05. The summed E-state index contributed by atoms with van der Waals surface area (Å²) in [4.78, 5) is 15.1. The fourth-order valence-electron chi connectivity index (χ4n) is 2.87. The first-order valence-corrected chi connectivity index (χ1v) is 10.0. The van der Waals surface area contributed by atoms with E-state index in [9.17, 15) is 26.4 Å². The van der Waals surface area contributed by atoms with Crippen molar-refractivity contribution in [1.82, 2.24) is 14.8 Å². The van der Waals surface area contributed by atoms with Crippen LogP contribution < -0.4 is 5.73 Å². The third kappa shape index (κ3) is 4.29. The van der Waals surface area contributed by atoms with Crippen molar-refractivity contribution in [2.45, 2.75) is 17.6 Å². The Kier molecular flexibility index (Phi) is 5.18. The van der Waals surface area contributed by atoms with E-state index in [2.05, 4.69) is 10.1 Å². The third-order valence-corrected chi connectivity index (χ3v) is 5.18. The molecule has 0 aliphatic rings. The van der Waals surface area contributed by atoms with Crippen molar-refractivity contribution in [2.24, 2.45) is 5.73 Å². The van der Waals surface area contributed by atoms with Crippen LogP contribution in [0.25, 0.3) is 22.4 Å². The topological polar surface area (TPSA) is 108 Å². The second kappa shape index (κ2) is 7.32. The molecule has 3 rings (SSSR count). The molecule has 0 unspecified atom stereocenters. The number of halogens is 3. The van der Waals surface area contributed by atoms with Gasteiger partial charge in [0.25, 0.3) is 0 Å². The highest BCUT2D eigenvalue weighted by molar-refractivity contribution is 7.90. The highest BCUT2D eigenvalue weighted by atomic mass is 32.2. The van der Waals surface area contributed by atoms with Gasteiger partial charge in [-0.25, -0.2) is 13.1 Å². The maximum absolute atomic E-state index is 13.9. The van der Waals surface area contributed by atoms with Crippen molar-refractivity contribution in [3.8, 4) is 22.4 Å². The van der Waals surface area contributed by atoms with E-state index in [1.807, 2.05) is 0 Å². The number of sulfone groups is 1. The number of alkyl halides is 3. The molecule has 0 spiro atoms. The van der Waals surface area contributed by atoms with Gasteiger partial charge in [0.2, 0.25) is 5.91 Å². The van der Waals surface area contributed by atoms with E-state index in [0.717, 1.165) is 6.26 Å². The molecule has 0 saturated heterocycles. The molecular formula is C18H15F3N4O3S. The Bertz CT molecular complexity index is 1160. The number of pyridine rings is 1. The van der Waals surface area contributed by atoms with Gasteiger partial charge in [0, 0.05) is 29.8 Å². The Labute approximate surface area is 163 Å². The van der Waals surface area contributed by atoms with Gasteiger partial charge >= 0.3 is 6.18 Å². The molecule has 2 heterocycles. The molecule has 0 radical (unpaired) electrons. The monoisotopic (exact) mass is 424 g/mol. The summed E-state index contributed by atoms with van der Waals surface area (Å²) >= 11 is 0. The van der Waals surface area contributed by atoms with E-state index in [4.69, 9.17) is 5.73 Å². The molecule has 0 aliphatic heterocycles. The van der Waals surface area contributed by atoms with E-state index in [-0.39, 0.29) is 27.3 Å². The standard InChI is InChI=1S/C18H15F3N4O3S/c1-29(27,28)13-4-2-12(3-5-13)16-15(11-6-8-23-9-7-11)17(18(19,20)21)25(24-16)10-14(22)26/h2-9H,10H2,1H3,(H2,22,26). The van der Waals surface area contributed by atoms with E-state index in [1.165, 1.54) is 48.8 Å². The first-order valence-electron chi connectivity index (χ1n) is 8.15. The molecule has 0 saturated carbocycles. The number of benzene rings is 1. The summed E-state index contributed by atoms with van der Waals surface area (Å²) in [5, 5.41) is 3.98. The van der Waals surface area contributed by atoms with Crippen molar-refractivity contribution in [2.75, 3.05) is 6.26 Å². The van der Waals surface area contributed by atoms with E-state index >= 15 is 0 Å². The molecule has 0 bridgehead atoms. The van der Waals surface area contributed by atoms with Crippen LogP contribution in [0.3, 0.4) is 0 Å². The summed E-state index contributed by atoms with van der Waals surface area (Å²) in [6, 6.07) is 8.05. The fourth-order valence-corrected chi connectivity index (χ4v) is 3.50. The van der Waals surface area contributed by atoms with Crippen LogP contribution in [0.5, 0.6) is 0 Å². The predicted octanol–water partition coefficient (Wildman–Crippen LogP) is 2.52. The van der Waals surface area contributed by atoms with Gasteiger partial charge in [-0.3, -0.25) is 9.78 Å². The maximum Gasteiger partial charge on any atom is 0.433 e. The smallest absolute Gasteiger partial charge is 0.368 e. The zero-order valence-corrected chi connectivity index (χ0v) is 15.8. The SMILES string of the molecule is CS(=O)(=O)c1ccc(-c2nn(CC(N)=O)c(C(F)(F)F)c2-c2ccncc2)cc1. The average molecular weight is 424 g/mol. The van der Waals surface area contributed by atoms with E-state index < -0.39 is 34.2 Å². The highest BCUT2D eigenvalue weighted by Crippen LogP contribution is 2.42. The molecule has 29 heavy (non-hydrogen) atoms. The summed E-state index contributed by atoms with van der Waals surface area (Å²) < 4.78 is 65.5. The second-order valence-corrected chi connectivity index (χ2v) is 8.24. The van der Waals surface area contributed by atoms with Gasteiger partial charge in [-0.1, -0.05) is 12.1 Å². The molecule has 2 aromatic heterocycles. The van der Waals surface area contributed by atoms with Gasteiger partial charge in [0.1, 0.15) is 12.2 Å². The first-order chi connectivity index (χ1) is 13.5. The Morgan fingerprint density at radius 3 is 2.14 bits per heavy atom. The molecule has 0 fully saturated rings. The predicted molar refractivity (Wildman–Crippen MR) is 98.2 cm³/mol. The summed E-state index contributed by atoms with van der Waals surface area (Å²) in [6.07, 6.45) is -1.14. The Morgan fingerprint density at radius 2 is 1.66 bits per heavy atom. The molecule has 3 aromatic rings. The van der Waals surface area contributed by atoms with Gasteiger partial charge in [-0.2, -0.15) is 18.3 Å². The number of primary amides is 1.